The average molecular weight is 482 g/mol. The molecule has 2 aromatic rings. The van der Waals surface area contributed by atoms with E-state index in [2.05, 4.69) is 0 Å². The van der Waals surface area contributed by atoms with Gasteiger partial charge in [-0.2, -0.15) is 47.9 Å². The summed E-state index contributed by atoms with van der Waals surface area (Å²) in [7, 11) is -5.84. The molecule has 31 heavy (non-hydrogen) atoms. The first kappa shape index (κ1) is 26.8. The molecule has 0 aliphatic rings. The maximum atomic E-state index is 12.6. The van der Waals surface area contributed by atoms with E-state index in [1.54, 1.807) is 13.8 Å². The van der Waals surface area contributed by atoms with Crippen molar-refractivity contribution in [3.63, 3.8) is 0 Å². The molecule has 0 aliphatic heterocycles. The van der Waals surface area contributed by atoms with Gasteiger partial charge in [0.1, 0.15) is 0 Å². The lowest BCUT2D eigenvalue weighted by molar-refractivity contribution is -0.138. The number of hydrogen-bond donors (Lipinski definition) is 1. The Kier molecular flexibility index (Phi) is 7.50. The van der Waals surface area contributed by atoms with Gasteiger partial charge in [-0.3, -0.25) is 4.55 Å². The largest absolute Gasteiger partial charge is 0.522 e. The van der Waals surface area contributed by atoms with Gasteiger partial charge in [0, 0.05) is 5.41 Å². The van der Waals surface area contributed by atoms with Crippen LogP contribution < -0.4 is 0 Å². The van der Waals surface area contributed by atoms with E-state index in [0.717, 1.165) is 24.3 Å². The van der Waals surface area contributed by atoms with Gasteiger partial charge < -0.3 is 0 Å². The smallest absolute Gasteiger partial charge is 0.279 e. The van der Waals surface area contributed by atoms with Gasteiger partial charge in [-0.15, -0.1) is 0 Å². The molecule has 3 nitrogen and oxygen atoms in total. The summed E-state index contributed by atoms with van der Waals surface area (Å²) in [4.78, 5) is 0. The van der Waals surface area contributed by atoms with Crippen molar-refractivity contribution in [2.24, 2.45) is 0 Å². The van der Waals surface area contributed by atoms with Gasteiger partial charge in [0.15, 0.2) is 0 Å². The maximum Gasteiger partial charge on any atom is 0.522 e. The summed E-state index contributed by atoms with van der Waals surface area (Å²) in [6.45, 7) is 3.50. The van der Waals surface area contributed by atoms with Crippen molar-refractivity contribution in [2.45, 2.75) is 37.1 Å². The second-order valence-electron chi connectivity index (χ2n) is 6.70. The maximum absolute atomic E-state index is 12.6. The van der Waals surface area contributed by atoms with Crippen molar-refractivity contribution in [3.05, 3.63) is 70.8 Å². The Balaban J connectivity index is 0.000000512. The molecule has 0 radical (unpaired) electrons. The zero-order chi connectivity index (χ0) is 24.5. The quantitative estimate of drug-likeness (QED) is 0.304. The minimum Gasteiger partial charge on any atom is -0.279 e. The third-order valence-corrected chi connectivity index (χ3v) is 4.75. The van der Waals surface area contributed by atoms with Crippen LogP contribution in [0, 0.1) is 0 Å². The third kappa shape index (κ3) is 7.13. The van der Waals surface area contributed by atoms with Crippen molar-refractivity contribution < 1.29 is 52.5 Å². The van der Waals surface area contributed by atoms with Gasteiger partial charge in [-0.25, -0.2) is 0 Å². The molecule has 0 aliphatic carbocycles. The van der Waals surface area contributed by atoms with Crippen molar-refractivity contribution in [3.8, 4) is 0 Å². The first-order valence-electron chi connectivity index (χ1n) is 8.06. The van der Waals surface area contributed by atoms with Crippen LogP contribution in [0.3, 0.4) is 0 Å². The fraction of sp³-hybridized carbons (Fsp3) is 0.333. The fourth-order valence-electron chi connectivity index (χ4n) is 2.32. The Hall–Kier alpha value is -2.28. The Labute approximate surface area is 171 Å². The summed E-state index contributed by atoms with van der Waals surface area (Å²) in [5, 5.41) is 0. The van der Waals surface area contributed by atoms with E-state index in [9.17, 15) is 39.5 Å². The zero-order valence-electron chi connectivity index (χ0n) is 15.7. The molecule has 0 heterocycles. The highest BCUT2D eigenvalue weighted by Gasteiger charge is 2.44. The Morgan fingerprint density at radius 2 is 0.774 bits per heavy atom. The minimum atomic E-state index is -5.84. The Morgan fingerprint density at radius 3 is 0.935 bits per heavy atom. The van der Waals surface area contributed by atoms with Gasteiger partial charge in [0.05, 0.1) is 11.1 Å². The lowest BCUT2D eigenvalue weighted by Gasteiger charge is -2.27. The molecule has 13 heteroatoms. The third-order valence-electron chi connectivity index (χ3n) is 4.16. The van der Waals surface area contributed by atoms with E-state index in [1.165, 1.54) is 24.3 Å². The second kappa shape index (κ2) is 8.69. The standard InChI is InChI=1S/C17H14F6.CHF3O3S/c1-15(2,11-3-7-13(8-4-11)16(18,19)20)12-5-9-14(10-6-12)17(21,22)23;2-1(3,4)8(5,6)7/h3-10H,1-2H3;(H,5,6,7). The summed E-state index contributed by atoms with van der Waals surface area (Å²) in [6.07, 6.45) is -8.84. The van der Waals surface area contributed by atoms with Gasteiger partial charge >= 0.3 is 28.0 Å². The highest BCUT2D eigenvalue weighted by Crippen LogP contribution is 2.36. The van der Waals surface area contributed by atoms with Gasteiger partial charge in [-0.1, -0.05) is 38.1 Å². The summed E-state index contributed by atoms with van der Waals surface area (Å²) in [5.41, 5.74) is -6.59. The summed E-state index contributed by atoms with van der Waals surface area (Å²) >= 11 is 0. The Morgan fingerprint density at radius 1 is 0.581 bits per heavy atom. The molecule has 2 aromatic carbocycles. The van der Waals surface area contributed by atoms with Crippen molar-refractivity contribution in [1.82, 2.24) is 0 Å². The molecule has 1 N–H and O–H groups in total. The van der Waals surface area contributed by atoms with E-state index in [1.807, 2.05) is 0 Å². The number of hydrogen-bond acceptors (Lipinski definition) is 2. The van der Waals surface area contributed by atoms with Crippen LogP contribution in [0.2, 0.25) is 0 Å². The average Bonchev–Trinajstić information content (AvgIpc) is 2.59. The summed E-state index contributed by atoms with van der Waals surface area (Å²) in [5.74, 6) is 0. The molecule has 0 aromatic heterocycles. The second-order valence-corrected chi connectivity index (χ2v) is 8.11. The van der Waals surface area contributed by atoms with Crippen molar-refractivity contribution >= 4 is 10.1 Å². The van der Waals surface area contributed by atoms with E-state index in [0.29, 0.717) is 11.1 Å². The van der Waals surface area contributed by atoms with Crippen LogP contribution in [0.4, 0.5) is 39.5 Å². The van der Waals surface area contributed by atoms with Crippen molar-refractivity contribution in [1.29, 1.82) is 0 Å². The zero-order valence-corrected chi connectivity index (χ0v) is 16.5. The van der Waals surface area contributed by atoms with Crippen molar-refractivity contribution in [2.75, 3.05) is 0 Å². The molecule has 0 unspecified atom stereocenters. The van der Waals surface area contributed by atoms with Gasteiger partial charge in [-0.05, 0) is 35.4 Å². The van der Waals surface area contributed by atoms with E-state index in [4.69, 9.17) is 13.0 Å². The molecule has 0 fully saturated rings. The lowest BCUT2D eigenvalue weighted by atomic mass is 9.78. The molecule has 174 valence electrons. The highest BCUT2D eigenvalue weighted by atomic mass is 32.2. The number of halogens is 9. The first-order valence-corrected chi connectivity index (χ1v) is 9.50. The van der Waals surface area contributed by atoms with E-state index >= 15 is 0 Å². The van der Waals surface area contributed by atoms with Crippen LogP contribution in [0.25, 0.3) is 0 Å². The molecule has 0 bridgehead atoms. The minimum absolute atomic E-state index is 0.588. The topological polar surface area (TPSA) is 54.4 Å². The molecular formula is C18H15F9O3S. The molecular weight excluding hydrogens is 467 g/mol. The first-order chi connectivity index (χ1) is 13.7. The molecule has 0 saturated carbocycles. The van der Waals surface area contributed by atoms with Crippen LogP contribution in [0.5, 0.6) is 0 Å². The van der Waals surface area contributed by atoms with E-state index < -0.39 is 44.5 Å². The van der Waals surface area contributed by atoms with Crippen LogP contribution in [-0.2, 0) is 27.9 Å². The Bertz CT molecular complexity index is 911. The molecule has 0 amide bonds. The highest BCUT2D eigenvalue weighted by molar-refractivity contribution is 7.86. The van der Waals surface area contributed by atoms with Crippen LogP contribution in [-0.4, -0.2) is 18.5 Å². The monoisotopic (exact) mass is 482 g/mol. The summed E-state index contributed by atoms with van der Waals surface area (Å²) < 4.78 is 133. The predicted octanol–water partition coefficient (Wildman–Crippen LogP) is 6.44. The fourth-order valence-corrected chi connectivity index (χ4v) is 2.32. The number of alkyl halides is 9. The van der Waals surface area contributed by atoms with Crippen LogP contribution >= 0.6 is 0 Å². The number of benzene rings is 2. The summed E-state index contributed by atoms with van der Waals surface area (Å²) in [6, 6.07) is 9.28. The molecule has 2 rings (SSSR count). The lowest BCUT2D eigenvalue weighted by Crippen LogP contribution is -2.21. The van der Waals surface area contributed by atoms with Gasteiger partial charge in [0.2, 0.25) is 0 Å². The number of rotatable bonds is 2. The van der Waals surface area contributed by atoms with Gasteiger partial charge in [0.25, 0.3) is 0 Å². The van der Waals surface area contributed by atoms with Crippen LogP contribution in [0.1, 0.15) is 36.1 Å². The van der Waals surface area contributed by atoms with E-state index in [-0.39, 0.29) is 0 Å². The normalized spacial score (nSPS) is 13.4. The molecule has 0 atom stereocenters. The van der Waals surface area contributed by atoms with Crippen LogP contribution in [0.15, 0.2) is 48.5 Å². The predicted molar refractivity (Wildman–Crippen MR) is 92.6 cm³/mol. The molecule has 0 saturated heterocycles. The molecule has 0 spiro atoms. The SMILES string of the molecule is CC(C)(c1ccc(C(F)(F)F)cc1)c1ccc(C(F)(F)F)cc1.O=S(=O)(O)C(F)(F)F.